The molecule has 2 rings (SSSR count). The fourth-order valence-corrected chi connectivity index (χ4v) is 3.20. The van der Waals surface area contributed by atoms with Crippen molar-refractivity contribution in [3.63, 3.8) is 0 Å². The third kappa shape index (κ3) is 3.30. The van der Waals surface area contributed by atoms with Crippen LogP contribution in [0.25, 0.3) is 0 Å². The summed E-state index contributed by atoms with van der Waals surface area (Å²) >= 11 is 0. The van der Waals surface area contributed by atoms with Crippen LogP contribution in [-0.4, -0.2) is 17.7 Å². The van der Waals surface area contributed by atoms with Crippen molar-refractivity contribution in [1.82, 2.24) is 0 Å². The number of benzene rings is 1. The fraction of sp³-hybridized carbons (Fsp3) is 0.647. The molecule has 2 nitrogen and oxygen atoms in total. The van der Waals surface area contributed by atoms with Crippen molar-refractivity contribution < 1.29 is 5.11 Å². The molecule has 2 heteroatoms. The molecular formula is C17H27NO. The highest BCUT2D eigenvalue weighted by Crippen LogP contribution is 2.33. The Balaban J connectivity index is 2.28. The number of piperidine rings is 1. The van der Waals surface area contributed by atoms with Gasteiger partial charge in [-0.05, 0) is 38.2 Å². The largest absolute Gasteiger partial charge is 0.388 e. The van der Waals surface area contributed by atoms with E-state index in [1.54, 1.807) is 0 Å². The third-order valence-corrected chi connectivity index (χ3v) is 4.24. The van der Waals surface area contributed by atoms with Gasteiger partial charge in [-0.25, -0.2) is 0 Å². The third-order valence-electron chi connectivity index (χ3n) is 4.24. The van der Waals surface area contributed by atoms with Gasteiger partial charge in [-0.3, -0.25) is 0 Å². The molecule has 0 amide bonds. The molecule has 1 saturated heterocycles. The SMILES string of the molecule is CCCC1CCCCN1c1ccccc1[C@@H](O)CC. The minimum atomic E-state index is -0.333. The first-order valence-electron chi connectivity index (χ1n) is 7.81. The Morgan fingerprint density at radius 1 is 1.26 bits per heavy atom. The van der Waals surface area contributed by atoms with Crippen LogP contribution in [0.1, 0.15) is 64.0 Å². The Kier molecular flexibility index (Phi) is 5.26. The van der Waals surface area contributed by atoms with Crippen molar-refractivity contribution in [1.29, 1.82) is 0 Å². The second-order valence-corrected chi connectivity index (χ2v) is 5.61. The van der Waals surface area contributed by atoms with Crippen LogP contribution in [0, 0.1) is 0 Å². The minimum absolute atomic E-state index is 0.333. The van der Waals surface area contributed by atoms with E-state index >= 15 is 0 Å². The van der Waals surface area contributed by atoms with E-state index < -0.39 is 0 Å². The van der Waals surface area contributed by atoms with Gasteiger partial charge >= 0.3 is 0 Å². The normalized spacial score (nSPS) is 21.4. The monoisotopic (exact) mass is 261 g/mol. The zero-order valence-electron chi connectivity index (χ0n) is 12.3. The van der Waals surface area contributed by atoms with Gasteiger partial charge in [0.05, 0.1) is 6.10 Å². The Hall–Kier alpha value is -1.02. The fourth-order valence-electron chi connectivity index (χ4n) is 3.20. The lowest BCUT2D eigenvalue weighted by atomic mass is 9.95. The van der Waals surface area contributed by atoms with E-state index in [-0.39, 0.29) is 6.10 Å². The molecule has 1 heterocycles. The first-order chi connectivity index (χ1) is 9.27. The number of aliphatic hydroxyl groups excluding tert-OH is 1. The smallest absolute Gasteiger partial charge is 0.0807 e. The van der Waals surface area contributed by atoms with E-state index in [1.165, 1.54) is 37.8 Å². The van der Waals surface area contributed by atoms with Crippen molar-refractivity contribution in [2.75, 3.05) is 11.4 Å². The maximum atomic E-state index is 10.2. The summed E-state index contributed by atoms with van der Waals surface area (Å²) < 4.78 is 0. The summed E-state index contributed by atoms with van der Waals surface area (Å²) in [6.45, 7) is 5.44. The zero-order valence-corrected chi connectivity index (χ0v) is 12.3. The molecule has 106 valence electrons. The molecule has 0 spiro atoms. The average Bonchev–Trinajstić information content (AvgIpc) is 2.47. The molecule has 1 aromatic carbocycles. The highest BCUT2D eigenvalue weighted by atomic mass is 16.3. The molecular weight excluding hydrogens is 234 g/mol. The standard InChI is InChI=1S/C17H27NO/c1-3-9-14-10-7-8-13-18(14)16-12-6-5-11-15(16)17(19)4-2/h5-6,11-12,14,17,19H,3-4,7-10,13H2,1-2H3/t14?,17-/m0/s1. The van der Waals surface area contributed by atoms with Gasteiger partial charge in [0.2, 0.25) is 0 Å². The van der Waals surface area contributed by atoms with Gasteiger partial charge in [0.15, 0.2) is 0 Å². The first-order valence-corrected chi connectivity index (χ1v) is 7.81. The van der Waals surface area contributed by atoms with Crippen LogP contribution in [0.5, 0.6) is 0 Å². The average molecular weight is 261 g/mol. The van der Waals surface area contributed by atoms with Crippen LogP contribution < -0.4 is 4.90 Å². The van der Waals surface area contributed by atoms with E-state index in [2.05, 4.69) is 30.0 Å². The van der Waals surface area contributed by atoms with Crippen molar-refractivity contribution in [2.24, 2.45) is 0 Å². The van der Waals surface area contributed by atoms with Gasteiger partial charge < -0.3 is 10.0 Å². The number of hydrogen-bond acceptors (Lipinski definition) is 2. The quantitative estimate of drug-likeness (QED) is 0.854. The minimum Gasteiger partial charge on any atom is -0.388 e. The number of anilines is 1. The Bertz CT molecular complexity index is 389. The van der Waals surface area contributed by atoms with Crippen molar-refractivity contribution in [3.05, 3.63) is 29.8 Å². The number of hydrogen-bond donors (Lipinski definition) is 1. The molecule has 1 fully saturated rings. The topological polar surface area (TPSA) is 23.5 Å². The Labute approximate surface area is 117 Å². The van der Waals surface area contributed by atoms with Crippen LogP contribution >= 0.6 is 0 Å². The van der Waals surface area contributed by atoms with Gasteiger partial charge in [0.25, 0.3) is 0 Å². The van der Waals surface area contributed by atoms with E-state index in [0.29, 0.717) is 6.04 Å². The summed E-state index contributed by atoms with van der Waals surface area (Å²) in [4.78, 5) is 2.54. The van der Waals surface area contributed by atoms with Gasteiger partial charge in [-0.15, -0.1) is 0 Å². The molecule has 1 N–H and O–H groups in total. The highest BCUT2D eigenvalue weighted by molar-refractivity contribution is 5.55. The van der Waals surface area contributed by atoms with Crippen LogP contribution in [0.15, 0.2) is 24.3 Å². The highest BCUT2D eigenvalue weighted by Gasteiger charge is 2.24. The number of nitrogens with zero attached hydrogens (tertiary/aromatic N) is 1. The number of rotatable bonds is 5. The van der Waals surface area contributed by atoms with Crippen molar-refractivity contribution >= 4 is 5.69 Å². The Morgan fingerprint density at radius 2 is 2.05 bits per heavy atom. The molecule has 1 unspecified atom stereocenters. The summed E-state index contributed by atoms with van der Waals surface area (Å²) in [6, 6.07) is 9.06. The van der Waals surface area contributed by atoms with Crippen molar-refractivity contribution in [2.45, 2.75) is 64.5 Å². The summed E-state index contributed by atoms with van der Waals surface area (Å²) in [7, 11) is 0. The Morgan fingerprint density at radius 3 is 2.79 bits per heavy atom. The maximum Gasteiger partial charge on any atom is 0.0807 e. The second-order valence-electron chi connectivity index (χ2n) is 5.61. The van der Waals surface area contributed by atoms with Gasteiger partial charge in [-0.1, -0.05) is 38.5 Å². The molecule has 0 radical (unpaired) electrons. The maximum absolute atomic E-state index is 10.2. The van der Waals surface area contributed by atoms with Crippen molar-refractivity contribution in [3.8, 4) is 0 Å². The van der Waals surface area contributed by atoms with Crippen LogP contribution in [0.4, 0.5) is 5.69 Å². The molecule has 0 bridgehead atoms. The van der Waals surface area contributed by atoms with Gasteiger partial charge in [0, 0.05) is 23.8 Å². The second kappa shape index (κ2) is 6.95. The lowest BCUT2D eigenvalue weighted by Gasteiger charge is -2.39. The molecule has 19 heavy (non-hydrogen) atoms. The predicted molar refractivity (Wildman–Crippen MR) is 81.6 cm³/mol. The summed E-state index contributed by atoms with van der Waals surface area (Å²) in [6.07, 6.45) is 6.86. The molecule has 1 aromatic rings. The lowest BCUT2D eigenvalue weighted by molar-refractivity contribution is 0.173. The first kappa shape index (κ1) is 14.4. The van der Waals surface area contributed by atoms with Crippen LogP contribution in [0.2, 0.25) is 0 Å². The summed E-state index contributed by atoms with van der Waals surface area (Å²) in [5, 5.41) is 10.2. The van der Waals surface area contributed by atoms with Gasteiger partial charge in [0.1, 0.15) is 0 Å². The van der Waals surface area contributed by atoms with Crippen LogP contribution in [-0.2, 0) is 0 Å². The number of para-hydroxylation sites is 1. The van der Waals surface area contributed by atoms with E-state index in [0.717, 1.165) is 18.5 Å². The lowest BCUT2D eigenvalue weighted by Crippen LogP contribution is -2.40. The predicted octanol–water partition coefficient (Wildman–Crippen LogP) is 4.29. The van der Waals surface area contributed by atoms with Crippen LogP contribution in [0.3, 0.4) is 0 Å². The van der Waals surface area contributed by atoms with Gasteiger partial charge in [-0.2, -0.15) is 0 Å². The summed E-state index contributed by atoms with van der Waals surface area (Å²) in [5.74, 6) is 0. The van der Waals surface area contributed by atoms with E-state index in [1.807, 2.05) is 13.0 Å². The molecule has 0 aromatic heterocycles. The molecule has 0 saturated carbocycles. The molecule has 0 aliphatic carbocycles. The van der Waals surface area contributed by atoms with E-state index in [9.17, 15) is 5.11 Å². The number of aliphatic hydroxyl groups is 1. The summed E-state index contributed by atoms with van der Waals surface area (Å²) in [5.41, 5.74) is 2.36. The molecule has 1 aliphatic heterocycles. The molecule has 1 aliphatic rings. The van der Waals surface area contributed by atoms with E-state index in [4.69, 9.17) is 0 Å². The zero-order chi connectivity index (χ0) is 13.7. The molecule has 2 atom stereocenters.